The van der Waals surface area contributed by atoms with E-state index in [1.807, 2.05) is 25.1 Å². The summed E-state index contributed by atoms with van der Waals surface area (Å²) in [7, 11) is 0. The van der Waals surface area contributed by atoms with Crippen molar-refractivity contribution in [3.05, 3.63) is 71.5 Å². The van der Waals surface area contributed by atoms with Gasteiger partial charge in [-0.1, -0.05) is 55.5 Å². The second-order valence-electron chi connectivity index (χ2n) is 7.43. The average Bonchev–Trinajstić information content (AvgIpc) is 2.74. The predicted molar refractivity (Wildman–Crippen MR) is 109 cm³/mol. The summed E-state index contributed by atoms with van der Waals surface area (Å²) in [5.74, 6) is -0.564. The van der Waals surface area contributed by atoms with E-state index in [1.54, 1.807) is 18.2 Å². The third-order valence-corrected chi connectivity index (χ3v) is 5.32. The number of carbonyl (C=O) groups is 1. The molecule has 1 aliphatic heterocycles. The van der Waals surface area contributed by atoms with Gasteiger partial charge in [0.25, 0.3) is 0 Å². The summed E-state index contributed by atoms with van der Waals surface area (Å²) in [6.45, 7) is 5.63. The first-order valence-electron chi connectivity index (χ1n) is 10.0. The molecule has 0 aliphatic carbocycles. The zero-order valence-corrected chi connectivity index (χ0v) is 16.4. The van der Waals surface area contributed by atoms with E-state index in [0.717, 1.165) is 32.7 Å². The van der Waals surface area contributed by atoms with E-state index in [2.05, 4.69) is 22.3 Å². The van der Waals surface area contributed by atoms with Gasteiger partial charge in [0.05, 0.1) is 13.2 Å². The maximum atomic E-state index is 13.9. The second kappa shape index (κ2) is 10.3. The van der Waals surface area contributed by atoms with Gasteiger partial charge in [-0.3, -0.25) is 9.69 Å². The number of hydrogen-bond donors (Lipinski definition) is 1. The second-order valence-corrected chi connectivity index (χ2v) is 7.43. The van der Waals surface area contributed by atoms with Gasteiger partial charge in [0.15, 0.2) is 0 Å². The van der Waals surface area contributed by atoms with Crippen molar-refractivity contribution >= 4 is 5.91 Å². The monoisotopic (exact) mass is 384 g/mol. The van der Waals surface area contributed by atoms with E-state index in [4.69, 9.17) is 4.74 Å². The minimum atomic E-state index is -0.279. The van der Waals surface area contributed by atoms with Crippen molar-refractivity contribution in [2.75, 3.05) is 32.8 Å². The molecule has 0 aromatic heterocycles. The van der Waals surface area contributed by atoms with E-state index >= 15 is 0 Å². The number of carbonyl (C=O) groups excluding carboxylic acids is 1. The Labute approximate surface area is 166 Å². The Balaban J connectivity index is 1.58. The van der Waals surface area contributed by atoms with Gasteiger partial charge >= 0.3 is 0 Å². The van der Waals surface area contributed by atoms with Gasteiger partial charge in [-0.25, -0.2) is 4.39 Å². The first-order valence-corrected chi connectivity index (χ1v) is 10.0. The molecule has 0 radical (unpaired) electrons. The van der Waals surface area contributed by atoms with E-state index < -0.39 is 0 Å². The van der Waals surface area contributed by atoms with Crippen LogP contribution in [0.3, 0.4) is 0 Å². The number of ether oxygens (including phenoxy) is 1. The number of halogens is 1. The smallest absolute Gasteiger partial charge is 0.223 e. The Morgan fingerprint density at radius 1 is 1.07 bits per heavy atom. The molecule has 3 rings (SSSR count). The quantitative estimate of drug-likeness (QED) is 0.761. The standard InChI is InChI=1S/C23H29FN2O2/c1-18(15-20-9-5-6-10-22(20)24)23(27)25-17-21(26-11-13-28-14-12-26)16-19-7-3-2-4-8-19/h2-10,18,21H,11-17H2,1H3,(H,25,27). The van der Waals surface area contributed by atoms with Crippen LogP contribution in [0, 0.1) is 11.7 Å². The van der Waals surface area contributed by atoms with Crippen LogP contribution in [0.15, 0.2) is 54.6 Å². The van der Waals surface area contributed by atoms with Gasteiger partial charge in [0.1, 0.15) is 5.82 Å². The van der Waals surface area contributed by atoms with Gasteiger partial charge in [0, 0.05) is 31.6 Å². The van der Waals surface area contributed by atoms with Crippen molar-refractivity contribution in [3.8, 4) is 0 Å². The fourth-order valence-corrected chi connectivity index (χ4v) is 3.64. The molecule has 0 spiro atoms. The zero-order valence-electron chi connectivity index (χ0n) is 16.4. The Morgan fingerprint density at radius 3 is 2.46 bits per heavy atom. The molecule has 1 N–H and O–H groups in total. The molecule has 150 valence electrons. The summed E-state index contributed by atoms with van der Waals surface area (Å²) >= 11 is 0. The number of hydrogen-bond acceptors (Lipinski definition) is 3. The van der Waals surface area contributed by atoms with Crippen LogP contribution in [-0.4, -0.2) is 49.7 Å². The Bertz CT molecular complexity index is 747. The average molecular weight is 384 g/mol. The third-order valence-electron chi connectivity index (χ3n) is 5.32. The fraction of sp³-hybridized carbons (Fsp3) is 0.435. The van der Waals surface area contributed by atoms with Gasteiger partial charge < -0.3 is 10.1 Å². The lowest BCUT2D eigenvalue weighted by atomic mass is 9.99. The van der Waals surface area contributed by atoms with E-state index in [-0.39, 0.29) is 23.7 Å². The first kappa shape index (κ1) is 20.5. The van der Waals surface area contributed by atoms with Crippen molar-refractivity contribution in [1.29, 1.82) is 0 Å². The summed E-state index contributed by atoms with van der Waals surface area (Å²) in [4.78, 5) is 15.0. The highest BCUT2D eigenvalue weighted by Gasteiger charge is 2.23. The van der Waals surface area contributed by atoms with Gasteiger partial charge in [-0.15, -0.1) is 0 Å². The molecular formula is C23H29FN2O2. The summed E-state index contributed by atoms with van der Waals surface area (Å²) in [6.07, 6.45) is 1.28. The normalized spacial score (nSPS) is 17.1. The molecule has 1 amide bonds. The fourth-order valence-electron chi connectivity index (χ4n) is 3.64. The molecule has 4 nitrogen and oxygen atoms in total. The Morgan fingerprint density at radius 2 is 1.75 bits per heavy atom. The van der Waals surface area contributed by atoms with Gasteiger partial charge in [-0.05, 0) is 30.0 Å². The molecule has 2 atom stereocenters. The third kappa shape index (κ3) is 5.88. The van der Waals surface area contributed by atoms with Crippen molar-refractivity contribution in [3.63, 3.8) is 0 Å². The number of morpholine rings is 1. The molecule has 1 saturated heterocycles. The number of nitrogens with zero attached hydrogens (tertiary/aromatic N) is 1. The number of benzene rings is 2. The molecule has 28 heavy (non-hydrogen) atoms. The number of rotatable bonds is 8. The highest BCUT2D eigenvalue weighted by Crippen LogP contribution is 2.14. The number of nitrogens with one attached hydrogen (secondary N) is 1. The highest BCUT2D eigenvalue weighted by molar-refractivity contribution is 5.78. The van der Waals surface area contributed by atoms with Gasteiger partial charge in [-0.2, -0.15) is 0 Å². The van der Waals surface area contributed by atoms with Crippen LogP contribution in [0.1, 0.15) is 18.1 Å². The first-order chi connectivity index (χ1) is 13.6. The molecule has 1 fully saturated rings. The molecule has 2 unspecified atom stereocenters. The van der Waals surface area contributed by atoms with Crippen molar-refractivity contribution in [2.24, 2.45) is 5.92 Å². The van der Waals surface area contributed by atoms with Crippen LogP contribution in [0.5, 0.6) is 0 Å². The Kier molecular flexibility index (Phi) is 7.57. The Hall–Kier alpha value is -2.24. The lowest BCUT2D eigenvalue weighted by Crippen LogP contribution is -2.50. The molecule has 1 heterocycles. The van der Waals surface area contributed by atoms with E-state index in [9.17, 15) is 9.18 Å². The van der Waals surface area contributed by atoms with Crippen LogP contribution in [0.25, 0.3) is 0 Å². The lowest BCUT2D eigenvalue weighted by Gasteiger charge is -2.35. The summed E-state index contributed by atoms with van der Waals surface area (Å²) in [5.41, 5.74) is 1.84. The maximum absolute atomic E-state index is 13.9. The minimum absolute atomic E-state index is 0.0328. The molecule has 0 saturated carbocycles. The van der Waals surface area contributed by atoms with Crippen LogP contribution >= 0.6 is 0 Å². The molecule has 5 heteroatoms. The van der Waals surface area contributed by atoms with Crippen LogP contribution < -0.4 is 5.32 Å². The highest BCUT2D eigenvalue weighted by atomic mass is 19.1. The molecule has 2 aromatic carbocycles. The van der Waals surface area contributed by atoms with Gasteiger partial charge in [0.2, 0.25) is 5.91 Å². The van der Waals surface area contributed by atoms with Crippen LogP contribution in [0.2, 0.25) is 0 Å². The maximum Gasteiger partial charge on any atom is 0.223 e. The topological polar surface area (TPSA) is 41.6 Å². The molecule has 2 aromatic rings. The summed E-state index contributed by atoms with van der Waals surface area (Å²) in [6, 6.07) is 17.2. The zero-order chi connectivity index (χ0) is 19.8. The van der Waals surface area contributed by atoms with E-state index in [0.29, 0.717) is 18.5 Å². The molecule has 1 aliphatic rings. The lowest BCUT2D eigenvalue weighted by molar-refractivity contribution is -0.124. The predicted octanol–water partition coefficient (Wildman–Crippen LogP) is 3.06. The van der Waals surface area contributed by atoms with Crippen LogP contribution in [-0.2, 0) is 22.4 Å². The molecule has 0 bridgehead atoms. The summed E-state index contributed by atoms with van der Waals surface area (Å²) in [5, 5.41) is 3.10. The number of amides is 1. The van der Waals surface area contributed by atoms with Crippen molar-refractivity contribution in [2.45, 2.75) is 25.8 Å². The largest absolute Gasteiger partial charge is 0.379 e. The minimum Gasteiger partial charge on any atom is -0.379 e. The SMILES string of the molecule is CC(Cc1ccccc1F)C(=O)NCC(Cc1ccccc1)N1CCOCC1. The summed E-state index contributed by atoms with van der Waals surface area (Å²) < 4.78 is 19.3. The van der Waals surface area contributed by atoms with Crippen LogP contribution in [0.4, 0.5) is 4.39 Å². The molecular weight excluding hydrogens is 355 g/mol. The van der Waals surface area contributed by atoms with Crippen molar-refractivity contribution < 1.29 is 13.9 Å². The van der Waals surface area contributed by atoms with E-state index in [1.165, 1.54) is 11.6 Å². The van der Waals surface area contributed by atoms with Crippen molar-refractivity contribution in [1.82, 2.24) is 10.2 Å².